The first-order valence-electron chi connectivity index (χ1n) is 9.05. The number of carbonyl (C=O) groups excluding carboxylic acids is 1. The molecular formula is C19H30N2O3. The summed E-state index contributed by atoms with van der Waals surface area (Å²) < 4.78 is 11.5. The number of rotatable bonds is 7. The van der Waals surface area contributed by atoms with Crippen LogP contribution in [0.25, 0.3) is 0 Å². The average Bonchev–Trinajstić information content (AvgIpc) is 2.55. The molecule has 0 radical (unpaired) electrons. The molecule has 0 aliphatic heterocycles. The summed E-state index contributed by atoms with van der Waals surface area (Å²) in [6.07, 6.45) is 6.31. The van der Waals surface area contributed by atoms with Gasteiger partial charge in [0.25, 0.3) is 5.91 Å². The first kappa shape index (κ1) is 18.7. The third-order valence-electron chi connectivity index (χ3n) is 4.52. The van der Waals surface area contributed by atoms with Gasteiger partial charge in [0.05, 0.1) is 18.5 Å². The molecule has 1 amide bonds. The summed E-state index contributed by atoms with van der Waals surface area (Å²) in [5, 5.41) is 3.01. The fraction of sp³-hybridized carbons (Fsp3) is 0.684. The maximum absolute atomic E-state index is 13.0. The monoisotopic (exact) mass is 334 g/mol. The summed E-state index contributed by atoms with van der Waals surface area (Å²) >= 11 is 0. The molecule has 134 valence electrons. The van der Waals surface area contributed by atoms with Crippen LogP contribution in [0, 0.1) is 12.8 Å². The standard InChI is InChI=1S/C19H30N2O3/c1-5-10-24-19(9-7-8-14(3)12-19)18(22)21-16-11-15(4)17(20-13-16)23-6-2/h11,13-14H,5-10,12H2,1-4H3,(H,21,22)/t14-,19-/m0/s1. The van der Waals surface area contributed by atoms with Crippen LogP contribution in [0.15, 0.2) is 12.3 Å². The summed E-state index contributed by atoms with van der Waals surface area (Å²) in [5.74, 6) is 1.06. The summed E-state index contributed by atoms with van der Waals surface area (Å²) in [4.78, 5) is 17.3. The lowest BCUT2D eigenvalue weighted by Gasteiger charge is -2.38. The summed E-state index contributed by atoms with van der Waals surface area (Å²) in [6.45, 7) is 9.30. The van der Waals surface area contributed by atoms with E-state index in [-0.39, 0.29) is 5.91 Å². The van der Waals surface area contributed by atoms with Crippen molar-refractivity contribution in [3.63, 3.8) is 0 Å². The molecule has 1 aromatic heterocycles. The van der Waals surface area contributed by atoms with Gasteiger partial charge in [0, 0.05) is 12.2 Å². The Morgan fingerprint density at radius 2 is 2.25 bits per heavy atom. The first-order chi connectivity index (χ1) is 11.5. The lowest BCUT2D eigenvalue weighted by Crippen LogP contribution is -2.48. The van der Waals surface area contributed by atoms with E-state index in [0.717, 1.165) is 37.7 Å². The second-order valence-electron chi connectivity index (χ2n) is 6.78. The molecule has 0 saturated heterocycles. The lowest BCUT2D eigenvalue weighted by atomic mass is 9.78. The molecule has 0 unspecified atom stereocenters. The van der Waals surface area contributed by atoms with Crippen molar-refractivity contribution in [1.82, 2.24) is 4.98 Å². The van der Waals surface area contributed by atoms with E-state index < -0.39 is 5.60 Å². The molecule has 24 heavy (non-hydrogen) atoms. The molecule has 2 rings (SSSR count). The van der Waals surface area contributed by atoms with Gasteiger partial charge < -0.3 is 14.8 Å². The van der Waals surface area contributed by atoms with Crippen molar-refractivity contribution in [2.45, 2.75) is 65.4 Å². The predicted molar refractivity (Wildman–Crippen MR) is 95.4 cm³/mol. The van der Waals surface area contributed by atoms with Gasteiger partial charge in [-0.1, -0.05) is 20.3 Å². The van der Waals surface area contributed by atoms with Gasteiger partial charge in [-0.3, -0.25) is 4.79 Å². The van der Waals surface area contributed by atoms with Crippen LogP contribution in [-0.4, -0.2) is 29.7 Å². The molecule has 1 saturated carbocycles. The molecule has 1 fully saturated rings. The number of aryl methyl sites for hydroxylation is 1. The highest BCUT2D eigenvalue weighted by Crippen LogP contribution is 2.36. The van der Waals surface area contributed by atoms with Crippen molar-refractivity contribution >= 4 is 11.6 Å². The number of aromatic nitrogens is 1. The smallest absolute Gasteiger partial charge is 0.256 e. The van der Waals surface area contributed by atoms with Crippen LogP contribution in [-0.2, 0) is 9.53 Å². The number of nitrogens with one attached hydrogen (secondary N) is 1. The molecule has 1 aliphatic rings. The molecule has 0 bridgehead atoms. The molecule has 5 nitrogen and oxygen atoms in total. The zero-order valence-electron chi connectivity index (χ0n) is 15.4. The Hall–Kier alpha value is -1.62. The normalized spacial score (nSPS) is 23.8. The Kier molecular flexibility index (Phi) is 6.60. The number of hydrogen-bond acceptors (Lipinski definition) is 4. The van der Waals surface area contributed by atoms with Gasteiger partial charge in [0.2, 0.25) is 5.88 Å². The summed E-state index contributed by atoms with van der Waals surface area (Å²) in [7, 11) is 0. The average molecular weight is 334 g/mol. The largest absolute Gasteiger partial charge is 0.478 e. The van der Waals surface area contributed by atoms with Crippen LogP contribution < -0.4 is 10.1 Å². The van der Waals surface area contributed by atoms with Gasteiger partial charge in [-0.05, 0) is 51.5 Å². The van der Waals surface area contributed by atoms with E-state index >= 15 is 0 Å². The molecular weight excluding hydrogens is 304 g/mol. The fourth-order valence-electron chi connectivity index (χ4n) is 3.37. The number of nitrogens with zero attached hydrogens (tertiary/aromatic N) is 1. The van der Waals surface area contributed by atoms with Gasteiger partial charge in [0.1, 0.15) is 5.60 Å². The van der Waals surface area contributed by atoms with E-state index in [2.05, 4.69) is 24.1 Å². The highest BCUT2D eigenvalue weighted by molar-refractivity contribution is 5.97. The van der Waals surface area contributed by atoms with Crippen LogP contribution in [0.1, 0.15) is 58.4 Å². The topological polar surface area (TPSA) is 60.5 Å². The minimum absolute atomic E-state index is 0.0483. The summed E-state index contributed by atoms with van der Waals surface area (Å²) in [5.41, 5.74) is 0.897. The Bertz CT molecular complexity index is 562. The molecule has 1 aliphatic carbocycles. The second-order valence-corrected chi connectivity index (χ2v) is 6.78. The van der Waals surface area contributed by atoms with Gasteiger partial charge in [-0.15, -0.1) is 0 Å². The quantitative estimate of drug-likeness (QED) is 0.815. The summed E-state index contributed by atoms with van der Waals surface area (Å²) in [6, 6.07) is 1.90. The van der Waals surface area contributed by atoms with Crippen LogP contribution in [0.5, 0.6) is 5.88 Å². The van der Waals surface area contributed by atoms with E-state index in [1.54, 1.807) is 6.20 Å². The van der Waals surface area contributed by atoms with Crippen molar-refractivity contribution in [2.75, 3.05) is 18.5 Å². The molecule has 1 heterocycles. The Labute approximate surface area is 145 Å². The van der Waals surface area contributed by atoms with Gasteiger partial charge >= 0.3 is 0 Å². The van der Waals surface area contributed by atoms with Gasteiger partial charge in [-0.2, -0.15) is 0 Å². The third kappa shape index (κ3) is 4.47. The van der Waals surface area contributed by atoms with E-state index in [4.69, 9.17) is 9.47 Å². The van der Waals surface area contributed by atoms with Crippen LogP contribution >= 0.6 is 0 Å². The van der Waals surface area contributed by atoms with Gasteiger partial charge in [-0.25, -0.2) is 4.98 Å². The van der Waals surface area contributed by atoms with Crippen LogP contribution in [0.2, 0.25) is 0 Å². The lowest BCUT2D eigenvalue weighted by molar-refractivity contribution is -0.148. The van der Waals surface area contributed by atoms with E-state index in [0.29, 0.717) is 30.7 Å². The number of anilines is 1. The zero-order valence-corrected chi connectivity index (χ0v) is 15.4. The molecule has 0 spiro atoms. The molecule has 1 N–H and O–H groups in total. The second kappa shape index (κ2) is 8.47. The molecule has 2 atom stereocenters. The van der Waals surface area contributed by atoms with Crippen molar-refractivity contribution in [3.05, 3.63) is 17.8 Å². The number of hydrogen-bond donors (Lipinski definition) is 1. The van der Waals surface area contributed by atoms with Crippen molar-refractivity contribution in [1.29, 1.82) is 0 Å². The third-order valence-corrected chi connectivity index (χ3v) is 4.52. The predicted octanol–water partition coefficient (Wildman–Crippen LogP) is 4.10. The number of carbonyl (C=O) groups is 1. The highest BCUT2D eigenvalue weighted by atomic mass is 16.5. The fourth-order valence-corrected chi connectivity index (χ4v) is 3.37. The van der Waals surface area contributed by atoms with E-state index in [1.807, 2.05) is 19.9 Å². The highest BCUT2D eigenvalue weighted by Gasteiger charge is 2.42. The Morgan fingerprint density at radius 3 is 2.88 bits per heavy atom. The van der Waals surface area contributed by atoms with Crippen molar-refractivity contribution in [2.24, 2.45) is 5.92 Å². The van der Waals surface area contributed by atoms with Crippen molar-refractivity contribution in [3.8, 4) is 5.88 Å². The minimum atomic E-state index is -0.708. The number of pyridine rings is 1. The number of amides is 1. The van der Waals surface area contributed by atoms with Crippen LogP contribution in [0.3, 0.4) is 0 Å². The minimum Gasteiger partial charge on any atom is -0.478 e. The van der Waals surface area contributed by atoms with E-state index in [1.165, 1.54) is 0 Å². The maximum Gasteiger partial charge on any atom is 0.256 e. The van der Waals surface area contributed by atoms with Crippen molar-refractivity contribution < 1.29 is 14.3 Å². The van der Waals surface area contributed by atoms with Gasteiger partial charge in [0.15, 0.2) is 0 Å². The van der Waals surface area contributed by atoms with Crippen LogP contribution in [0.4, 0.5) is 5.69 Å². The Balaban J connectivity index is 2.13. The molecule has 1 aromatic rings. The Morgan fingerprint density at radius 1 is 1.46 bits per heavy atom. The maximum atomic E-state index is 13.0. The van der Waals surface area contributed by atoms with E-state index in [9.17, 15) is 4.79 Å². The molecule has 5 heteroatoms. The first-order valence-corrected chi connectivity index (χ1v) is 9.05. The SMILES string of the molecule is CCCO[C@@]1(C(=O)Nc2cnc(OCC)c(C)c2)CCC[C@H](C)C1. The number of ether oxygens (including phenoxy) is 2. The zero-order chi connectivity index (χ0) is 17.6. The molecule has 0 aromatic carbocycles.